The predicted molar refractivity (Wildman–Crippen MR) is 109 cm³/mol. The van der Waals surface area contributed by atoms with Crippen LogP contribution in [0.5, 0.6) is 0 Å². The highest BCUT2D eigenvalue weighted by molar-refractivity contribution is 5.86. The van der Waals surface area contributed by atoms with Gasteiger partial charge in [0.25, 0.3) is 5.56 Å². The van der Waals surface area contributed by atoms with Gasteiger partial charge in [-0.3, -0.25) is 9.59 Å². The molecule has 27 heavy (non-hydrogen) atoms. The Bertz CT molecular complexity index is 859. The van der Waals surface area contributed by atoms with Crippen molar-refractivity contribution in [2.24, 2.45) is 0 Å². The Morgan fingerprint density at radius 2 is 1.85 bits per heavy atom. The van der Waals surface area contributed by atoms with Crippen LogP contribution in [0, 0.1) is 0 Å². The lowest BCUT2D eigenvalue weighted by Crippen LogP contribution is -2.38. The van der Waals surface area contributed by atoms with Crippen LogP contribution in [-0.2, 0) is 17.8 Å². The molecule has 1 aliphatic rings. The van der Waals surface area contributed by atoms with Crippen LogP contribution in [0.4, 0.5) is 0 Å². The predicted octanol–water partition coefficient (Wildman–Crippen LogP) is 1.69. The van der Waals surface area contributed by atoms with Crippen molar-refractivity contribution in [3.63, 3.8) is 0 Å². The Labute approximate surface area is 160 Å². The minimum atomic E-state index is -0.0384. The first-order valence-electron chi connectivity index (χ1n) is 9.69. The highest BCUT2D eigenvalue weighted by atomic mass is 16.2. The Balaban J connectivity index is 1.61. The molecule has 0 aliphatic carbocycles. The van der Waals surface area contributed by atoms with Crippen LogP contribution in [-0.4, -0.2) is 72.9 Å². The van der Waals surface area contributed by atoms with Gasteiger partial charge in [-0.05, 0) is 57.7 Å². The van der Waals surface area contributed by atoms with Gasteiger partial charge in [0.1, 0.15) is 0 Å². The number of benzene rings is 1. The summed E-state index contributed by atoms with van der Waals surface area (Å²) in [4.78, 5) is 34.3. The molecule has 1 aromatic heterocycles. The molecule has 0 bridgehead atoms. The molecule has 146 valence electrons. The number of amides is 1. The normalized spacial score (nSPS) is 14.2. The smallest absolute Gasteiger partial charge is 0.256 e. The maximum absolute atomic E-state index is 12.7. The van der Waals surface area contributed by atoms with Gasteiger partial charge < -0.3 is 19.7 Å². The molecule has 1 aromatic carbocycles. The van der Waals surface area contributed by atoms with Crippen LogP contribution in [0.25, 0.3) is 10.8 Å². The van der Waals surface area contributed by atoms with Gasteiger partial charge in [0, 0.05) is 43.6 Å². The van der Waals surface area contributed by atoms with E-state index in [1.54, 1.807) is 0 Å². The van der Waals surface area contributed by atoms with Crippen molar-refractivity contribution in [1.29, 1.82) is 0 Å². The molecule has 1 N–H and O–H groups in total. The fourth-order valence-electron chi connectivity index (χ4n) is 3.72. The fraction of sp³-hybridized carbons (Fsp3) is 0.524. The number of hydrogen-bond donors (Lipinski definition) is 1. The molecule has 0 spiro atoms. The van der Waals surface area contributed by atoms with Gasteiger partial charge in [0.2, 0.25) is 5.91 Å². The quantitative estimate of drug-likeness (QED) is 0.806. The zero-order chi connectivity index (χ0) is 19.4. The summed E-state index contributed by atoms with van der Waals surface area (Å²) in [7, 11) is 6.23. The van der Waals surface area contributed by atoms with E-state index in [-0.39, 0.29) is 11.5 Å². The summed E-state index contributed by atoms with van der Waals surface area (Å²) in [5, 5.41) is 1.67. The second-order valence-electron chi connectivity index (χ2n) is 7.73. The SMILES string of the molecule is CN(C)CCCN(C)CCC(=O)N1CCc2[nH]c(=O)c3ccccc3c2C1. The molecule has 2 aromatic rings. The molecule has 0 unspecified atom stereocenters. The number of aromatic nitrogens is 1. The highest BCUT2D eigenvalue weighted by Gasteiger charge is 2.23. The average molecular weight is 370 g/mol. The van der Waals surface area contributed by atoms with Gasteiger partial charge in [-0.15, -0.1) is 0 Å². The maximum atomic E-state index is 12.7. The van der Waals surface area contributed by atoms with Crippen molar-refractivity contribution in [3.05, 3.63) is 45.9 Å². The molecule has 2 heterocycles. The third-order valence-corrected chi connectivity index (χ3v) is 5.31. The molecule has 0 atom stereocenters. The second kappa shape index (κ2) is 8.67. The number of aromatic amines is 1. The van der Waals surface area contributed by atoms with Crippen LogP contribution in [0.2, 0.25) is 0 Å². The molecule has 0 saturated carbocycles. The molecule has 0 fully saturated rings. The zero-order valence-corrected chi connectivity index (χ0v) is 16.6. The summed E-state index contributed by atoms with van der Waals surface area (Å²) in [5.74, 6) is 0.190. The van der Waals surface area contributed by atoms with Crippen LogP contribution in [0.3, 0.4) is 0 Å². The number of carbonyl (C=O) groups excluding carboxylic acids is 1. The molecule has 0 saturated heterocycles. The van der Waals surface area contributed by atoms with E-state index < -0.39 is 0 Å². The van der Waals surface area contributed by atoms with E-state index in [1.807, 2.05) is 29.2 Å². The first-order chi connectivity index (χ1) is 13.0. The summed E-state index contributed by atoms with van der Waals surface area (Å²) in [6.45, 7) is 4.09. The van der Waals surface area contributed by atoms with Gasteiger partial charge in [-0.1, -0.05) is 18.2 Å². The Hall–Kier alpha value is -2.18. The second-order valence-corrected chi connectivity index (χ2v) is 7.73. The lowest BCUT2D eigenvalue weighted by molar-refractivity contribution is -0.132. The van der Waals surface area contributed by atoms with E-state index in [9.17, 15) is 9.59 Å². The van der Waals surface area contributed by atoms with Crippen LogP contribution in [0.1, 0.15) is 24.1 Å². The first kappa shape index (κ1) is 19.6. The lowest BCUT2D eigenvalue weighted by atomic mass is 9.98. The Morgan fingerprint density at radius 3 is 2.59 bits per heavy atom. The molecule has 3 rings (SSSR count). The first-order valence-corrected chi connectivity index (χ1v) is 9.69. The molecule has 6 nitrogen and oxygen atoms in total. The number of carbonyl (C=O) groups is 1. The van der Waals surface area contributed by atoms with Gasteiger partial charge in [-0.25, -0.2) is 0 Å². The molecule has 1 amide bonds. The molecule has 1 aliphatic heterocycles. The number of H-pyrrole nitrogens is 1. The van der Waals surface area contributed by atoms with Crippen LogP contribution < -0.4 is 5.56 Å². The summed E-state index contributed by atoms with van der Waals surface area (Å²) < 4.78 is 0. The van der Waals surface area contributed by atoms with Crippen molar-refractivity contribution in [2.45, 2.75) is 25.8 Å². The number of rotatable bonds is 7. The van der Waals surface area contributed by atoms with Crippen molar-refractivity contribution < 1.29 is 4.79 Å². The highest BCUT2D eigenvalue weighted by Crippen LogP contribution is 2.24. The molecule has 6 heteroatoms. The summed E-state index contributed by atoms with van der Waals surface area (Å²) in [6.07, 6.45) is 2.35. The number of nitrogens with one attached hydrogen (secondary N) is 1. The van der Waals surface area contributed by atoms with Crippen molar-refractivity contribution >= 4 is 16.7 Å². The van der Waals surface area contributed by atoms with Gasteiger partial charge in [0.15, 0.2) is 0 Å². The number of fused-ring (bicyclic) bond motifs is 3. The largest absolute Gasteiger partial charge is 0.338 e. The average Bonchev–Trinajstić information content (AvgIpc) is 2.66. The summed E-state index contributed by atoms with van der Waals surface area (Å²) >= 11 is 0. The third-order valence-electron chi connectivity index (χ3n) is 5.31. The number of hydrogen-bond acceptors (Lipinski definition) is 4. The number of nitrogens with zero attached hydrogens (tertiary/aromatic N) is 3. The van der Waals surface area contributed by atoms with Gasteiger partial charge >= 0.3 is 0 Å². The Morgan fingerprint density at radius 1 is 1.11 bits per heavy atom. The fourth-order valence-corrected chi connectivity index (χ4v) is 3.72. The minimum absolute atomic E-state index is 0.0384. The van der Waals surface area contributed by atoms with Crippen molar-refractivity contribution in [2.75, 3.05) is 47.3 Å². The lowest BCUT2D eigenvalue weighted by Gasteiger charge is -2.30. The van der Waals surface area contributed by atoms with Gasteiger partial charge in [-0.2, -0.15) is 0 Å². The molecule has 0 radical (unpaired) electrons. The van der Waals surface area contributed by atoms with Gasteiger partial charge in [0.05, 0.1) is 0 Å². The van der Waals surface area contributed by atoms with E-state index in [4.69, 9.17) is 0 Å². The topological polar surface area (TPSA) is 59.6 Å². The van der Waals surface area contributed by atoms with E-state index in [0.29, 0.717) is 31.3 Å². The summed E-state index contributed by atoms with van der Waals surface area (Å²) in [6, 6.07) is 7.65. The monoisotopic (exact) mass is 370 g/mol. The standard InChI is InChI=1S/C21H30N4O2/c1-23(2)11-6-12-24(3)13-10-20(26)25-14-9-19-18(15-25)16-7-4-5-8-17(16)21(27)22-19/h4-5,7-8H,6,9-15H2,1-3H3,(H,22,27). The van der Waals surface area contributed by atoms with E-state index >= 15 is 0 Å². The minimum Gasteiger partial charge on any atom is -0.338 e. The number of pyridine rings is 1. The Kier molecular flexibility index (Phi) is 6.29. The van der Waals surface area contributed by atoms with Crippen molar-refractivity contribution in [1.82, 2.24) is 19.7 Å². The van der Waals surface area contributed by atoms with E-state index in [1.165, 1.54) is 0 Å². The van der Waals surface area contributed by atoms with Crippen molar-refractivity contribution in [3.8, 4) is 0 Å². The van der Waals surface area contributed by atoms with Crippen LogP contribution >= 0.6 is 0 Å². The molecular formula is C21H30N4O2. The zero-order valence-electron chi connectivity index (χ0n) is 16.6. The third kappa shape index (κ3) is 4.76. The van der Waals surface area contributed by atoms with Crippen LogP contribution in [0.15, 0.2) is 29.1 Å². The van der Waals surface area contributed by atoms with E-state index in [0.717, 1.165) is 42.7 Å². The summed E-state index contributed by atoms with van der Waals surface area (Å²) in [5.41, 5.74) is 2.02. The maximum Gasteiger partial charge on any atom is 0.256 e. The van der Waals surface area contributed by atoms with E-state index in [2.05, 4.69) is 35.9 Å². The molecular weight excluding hydrogens is 340 g/mol.